The molecule has 26 heavy (non-hydrogen) atoms. The van der Waals surface area contributed by atoms with E-state index in [1.165, 1.54) is 18.4 Å². The largest absolute Gasteiger partial charge is 0.490 e. The second-order valence-electron chi connectivity index (χ2n) is 6.16. The van der Waals surface area contributed by atoms with Crippen LogP contribution in [0, 0.1) is 17.2 Å². The number of alkyl halides is 3. The number of halogens is 3. The Kier molecular flexibility index (Phi) is 6.50. The van der Waals surface area contributed by atoms with E-state index in [-0.39, 0.29) is 18.6 Å². The highest BCUT2D eigenvalue weighted by Crippen LogP contribution is 2.34. The van der Waals surface area contributed by atoms with Gasteiger partial charge in [0.1, 0.15) is 0 Å². The lowest BCUT2D eigenvalue weighted by atomic mass is 9.86. The molecule has 8 heteroatoms. The maximum absolute atomic E-state index is 13.0. The number of rotatable bonds is 6. The first-order valence-corrected chi connectivity index (χ1v) is 8.17. The van der Waals surface area contributed by atoms with Crippen molar-refractivity contribution in [2.24, 2.45) is 5.92 Å². The molecule has 0 aromatic heterocycles. The van der Waals surface area contributed by atoms with Crippen molar-refractivity contribution < 1.29 is 27.8 Å². The second kappa shape index (κ2) is 8.61. The van der Waals surface area contributed by atoms with Crippen LogP contribution in [0.25, 0.3) is 0 Å². The summed E-state index contributed by atoms with van der Waals surface area (Å²) in [5, 5.41) is 20.4. The predicted octanol–water partition coefficient (Wildman–Crippen LogP) is 4.16. The van der Waals surface area contributed by atoms with Crippen molar-refractivity contribution in [2.75, 3.05) is 11.9 Å². The predicted molar refractivity (Wildman–Crippen MR) is 88.3 cm³/mol. The Bertz CT molecular complexity index is 703. The highest BCUT2D eigenvalue weighted by atomic mass is 19.4. The van der Waals surface area contributed by atoms with Crippen LogP contribution in [0.3, 0.4) is 0 Å². The summed E-state index contributed by atoms with van der Waals surface area (Å²) < 4.78 is 43.9. The number of carboxylic acids is 1. The van der Waals surface area contributed by atoms with Crippen molar-refractivity contribution in [1.82, 2.24) is 0 Å². The molecule has 0 bridgehead atoms. The van der Waals surface area contributed by atoms with Gasteiger partial charge < -0.3 is 15.2 Å². The quantitative estimate of drug-likeness (QED) is 0.737. The number of hydrogen-bond acceptors (Lipinski definition) is 4. The van der Waals surface area contributed by atoms with E-state index in [0.717, 1.165) is 31.7 Å². The van der Waals surface area contributed by atoms with Gasteiger partial charge in [-0.2, -0.15) is 18.4 Å². The summed E-state index contributed by atoms with van der Waals surface area (Å²) >= 11 is 0. The Morgan fingerprint density at radius 1 is 1.35 bits per heavy atom. The molecule has 0 aliphatic heterocycles. The number of nitriles is 1. The Morgan fingerprint density at radius 3 is 2.62 bits per heavy atom. The van der Waals surface area contributed by atoms with Crippen LogP contribution in [0.4, 0.5) is 18.9 Å². The van der Waals surface area contributed by atoms with E-state index >= 15 is 0 Å². The fourth-order valence-corrected chi connectivity index (χ4v) is 2.94. The summed E-state index contributed by atoms with van der Waals surface area (Å²) in [4.78, 5) is 10.3. The van der Waals surface area contributed by atoms with Gasteiger partial charge in [-0.1, -0.05) is 0 Å². The Hall–Kier alpha value is -2.69. The summed E-state index contributed by atoms with van der Waals surface area (Å²) in [7, 11) is 0. The average Bonchev–Trinajstić information content (AvgIpc) is 2.59. The molecule has 0 heterocycles. The van der Waals surface area contributed by atoms with Gasteiger partial charge in [-0.3, -0.25) is 0 Å². The van der Waals surface area contributed by atoms with Gasteiger partial charge in [0.2, 0.25) is 0 Å². The third kappa shape index (κ3) is 5.69. The highest BCUT2D eigenvalue weighted by Gasteiger charge is 2.34. The molecule has 0 atom stereocenters. The number of ether oxygens (including phenoxy) is 1. The van der Waals surface area contributed by atoms with Crippen LogP contribution in [-0.2, 0) is 15.7 Å². The first kappa shape index (κ1) is 19.6. The van der Waals surface area contributed by atoms with Gasteiger partial charge in [0.25, 0.3) is 0 Å². The Balaban J connectivity index is 1.90. The van der Waals surface area contributed by atoms with Gasteiger partial charge in [0.05, 0.1) is 23.5 Å². The highest BCUT2D eigenvalue weighted by molar-refractivity contribution is 5.68. The van der Waals surface area contributed by atoms with Gasteiger partial charge in [-0.05, 0) is 55.9 Å². The summed E-state index contributed by atoms with van der Waals surface area (Å²) in [5.74, 6) is -0.781. The first-order valence-electron chi connectivity index (χ1n) is 8.17. The van der Waals surface area contributed by atoms with E-state index in [9.17, 15) is 18.0 Å². The van der Waals surface area contributed by atoms with Crippen LogP contribution in [0.2, 0.25) is 0 Å². The van der Waals surface area contributed by atoms with E-state index < -0.39 is 23.3 Å². The Labute approximate surface area is 149 Å². The molecule has 1 saturated carbocycles. The molecule has 2 rings (SSSR count). The minimum atomic E-state index is -4.57. The molecular formula is C18H19F3N2O3. The molecule has 2 N–H and O–H groups in total. The average molecular weight is 368 g/mol. The molecule has 5 nitrogen and oxygen atoms in total. The van der Waals surface area contributed by atoms with Crippen LogP contribution in [0.5, 0.6) is 0 Å². The number of nitrogens with one attached hydrogen (secondary N) is 1. The van der Waals surface area contributed by atoms with Gasteiger partial charge in [-0.15, -0.1) is 0 Å². The van der Waals surface area contributed by atoms with Crippen LogP contribution < -0.4 is 5.32 Å². The topological polar surface area (TPSA) is 82.3 Å². The molecular weight excluding hydrogens is 349 g/mol. The van der Waals surface area contributed by atoms with E-state index in [1.54, 1.807) is 6.07 Å². The van der Waals surface area contributed by atoms with Crippen molar-refractivity contribution in [1.29, 1.82) is 5.26 Å². The zero-order valence-electron chi connectivity index (χ0n) is 13.9. The lowest BCUT2D eigenvalue weighted by molar-refractivity contribution is -0.140. The van der Waals surface area contributed by atoms with Crippen molar-refractivity contribution in [3.63, 3.8) is 0 Å². The number of carboxylic acid groups (broad SMARTS) is 1. The zero-order valence-corrected chi connectivity index (χ0v) is 13.9. The van der Waals surface area contributed by atoms with Gasteiger partial charge >= 0.3 is 12.1 Å². The van der Waals surface area contributed by atoms with Gasteiger partial charge in [0.15, 0.2) is 6.61 Å². The SMILES string of the molecule is N#Cc1ccc(NC2CCC(C=COCC(=O)O)CC2)cc1C(F)(F)F. The first-order chi connectivity index (χ1) is 12.3. The number of nitrogens with zero attached hydrogens (tertiary/aromatic N) is 1. The summed E-state index contributed by atoms with van der Waals surface area (Å²) in [6, 6.07) is 5.26. The molecule has 1 aliphatic rings. The maximum atomic E-state index is 13.0. The van der Waals surface area contributed by atoms with Gasteiger partial charge in [-0.25, -0.2) is 4.79 Å². The zero-order chi connectivity index (χ0) is 19.2. The van der Waals surface area contributed by atoms with Crippen LogP contribution >= 0.6 is 0 Å². The van der Waals surface area contributed by atoms with E-state index in [2.05, 4.69) is 5.32 Å². The van der Waals surface area contributed by atoms with E-state index in [1.807, 2.05) is 6.08 Å². The number of allylic oxidation sites excluding steroid dienone is 1. The number of benzene rings is 1. The number of hydrogen-bond donors (Lipinski definition) is 2. The van der Waals surface area contributed by atoms with Gasteiger partial charge in [0, 0.05) is 11.7 Å². The van der Waals surface area contributed by atoms with Crippen LogP contribution in [-0.4, -0.2) is 23.7 Å². The van der Waals surface area contributed by atoms with Crippen molar-refractivity contribution in [3.05, 3.63) is 41.7 Å². The standard InChI is InChI=1S/C18H19F3N2O3/c19-18(20,21)16-9-15(6-3-13(16)10-22)23-14-4-1-12(2-5-14)7-8-26-11-17(24)25/h3,6-9,12,14,23H,1-2,4-5,11H2,(H,24,25). The summed E-state index contributed by atoms with van der Waals surface area (Å²) in [6.45, 7) is -0.381. The lowest BCUT2D eigenvalue weighted by Gasteiger charge is -2.28. The second-order valence-corrected chi connectivity index (χ2v) is 6.16. The molecule has 0 spiro atoms. The van der Waals surface area contributed by atoms with Crippen LogP contribution in [0.15, 0.2) is 30.5 Å². The van der Waals surface area contributed by atoms with E-state index in [0.29, 0.717) is 5.69 Å². The molecule has 0 unspecified atom stereocenters. The molecule has 0 radical (unpaired) electrons. The lowest BCUT2D eigenvalue weighted by Crippen LogP contribution is -2.25. The molecule has 1 fully saturated rings. The molecule has 140 valence electrons. The fraction of sp³-hybridized carbons (Fsp3) is 0.444. The normalized spacial score (nSPS) is 20.5. The Morgan fingerprint density at radius 2 is 2.04 bits per heavy atom. The maximum Gasteiger partial charge on any atom is 0.417 e. The molecule has 0 saturated heterocycles. The number of anilines is 1. The summed E-state index contributed by atoms with van der Waals surface area (Å²) in [5.41, 5.74) is -0.976. The van der Waals surface area contributed by atoms with Crippen molar-refractivity contribution >= 4 is 11.7 Å². The van der Waals surface area contributed by atoms with Crippen molar-refractivity contribution in [2.45, 2.75) is 37.9 Å². The number of aliphatic carboxylic acids is 1. The molecule has 1 aromatic carbocycles. The fourth-order valence-electron chi connectivity index (χ4n) is 2.94. The third-order valence-corrected chi connectivity index (χ3v) is 4.24. The van der Waals surface area contributed by atoms with Crippen LogP contribution in [0.1, 0.15) is 36.8 Å². The smallest absolute Gasteiger partial charge is 0.417 e. The minimum Gasteiger partial charge on any atom is -0.490 e. The summed E-state index contributed by atoms with van der Waals surface area (Å²) in [6.07, 6.45) is 1.84. The molecule has 0 amide bonds. The van der Waals surface area contributed by atoms with Crippen molar-refractivity contribution in [3.8, 4) is 6.07 Å². The molecule has 1 aliphatic carbocycles. The molecule has 1 aromatic rings. The number of carbonyl (C=O) groups is 1. The monoisotopic (exact) mass is 368 g/mol. The minimum absolute atomic E-state index is 0.0496. The third-order valence-electron chi connectivity index (χ3n) is 4.24. The van der Waals surface area contributed by atoms with E-state index in [4.69, 9.17) is 15.1 Å².